The first-order valence-corrected chi connectivity index (χ1v) is 15.4. The maximum absolute atomic E-state index is 16.2. The normalized spacial score (nSPS) is 27.6. The lowest BCUT2D eigenvalue weighted by Crippen LogP contribution is -2.50. The average Bonchev–Trinajstić information content (AvgIpc) is 3.67. The van der Waals surface area contributed by atoms with E-state index in [1.54, 1.807) is 30.3 Å². The third-order valence-corrected chi connectivity index (χ3v) is 9.23. The molecule has 1 aliphatic carbocycles. The smallest absolute Gasteiger partial charge is 0.459 e. The number of methoxy groups -OCH3 is 1. The second-order valence-electron chi connectivity index (χ2n) is 10.8. The van der Waals surface area contributed by atoms with Crippen LogP contribution in [0.3, 0.4) is 0 Å². The highest BCUT2D eigenvalue weighted by atomic mass is 31.2. The van der Waals surface area contributed by atoms with Crippen LogP contribution in [0.15, 0.2) is 30.3 Å². The lowest BCUT2D eigenvalue weighted by atomic mass is 9.98. The van der Waals surface area contributed by atoms with E-state index in [1.165, 1.54) is 25.9 Å². The first-order chi connectivity index (χ1) is 20.0. The molecular formula is C26H37FN7O7P. The van der Waals surface area contributed by atoms with Crippen molar-refractivity contribution in [1.82, 2.24) is 15.1 Å². The molecule has 1 aromatic carbocycles. The molecule has 0 spiro atoms. The molecule has 14 nitrogen and oxygen atoms in total. The zero-order valence-corrected chi connectivity index (χ0v) is 24.6. The van der Waals surface area contributed by atoms with E-state index < -0.39 is 50.5 Å². The Hall–Kier alpha value is -3.23. The zero-order valence-electron chi connectivity index (χ0n) is 23.7. The fourth-order valence-electron chi connectivity index (χ4n) is 5.38. The molecule has 6 N–H and O–H groups in total. The Labute approximate surface area is 243 Å². The standard InChI is InChI=1S/C26H37FN7O7P/c1-15(23(36)38-3)33-42(37,41-17-11-5-4-6-12-17)39-13-18-20(35)26(2,27)24(40-18)34-14-29-19-21(30-16-9-7-8-10-16)31-25(28)32-22(19)34/h4-6,11-12,15-16,18,20,24,29,35H,7-10,13-14H2,1-3H3,(H,33,37)(H3,28,30,31,32)/t15-,18+,20+,24+,26+,42?/m0/s1. The van der Waals surface area contributed by atoms with Gasteiger partial charge in [0.1, 0.15) is 29.7 Å². The number of carbonyl (C=O) groups excluding carboxylic acids is 1. The number of nitrogen functional groups attached to an aromatic ring is 1. The molecule has 1 unspecified atom stereocenters. The van der Waals surface area contributed by atoms with Gasteiger partial charge in [0.2, 0.25) is 5.95 Å². The fraction of sp³-hybridized carbons (Fsp3) is 0.577. The maximum Gasteiger partial charge on any atom is 0.459 e. The molecule has 3 aliphatic rings. The summed E-state index contributed by atoms with van der Waals surface area (Å²) in [5.74, 6) is 0.359. The topological polar surface area (TPSA) is 182 Å². The summed E-state index contributed by atoms with van der Waals surface area (Å²) < 4.78 is 51.7. The summed E-state index contributed by atoms with van der Waals surface area (Å²) >= 11 is 0. The van der Waals surface area contributed by atoms with Crippen LogP contribution in [0.4, 0.5) is 27.7 Å². The SMILES string of the molecule is COC(=O)[C@H](C)NP(=O)(OC[C@H]1O[C@@H](N2CNc3c(NC4CCCC4)nc(N)nc32)[C@](C)(F)[C@@H]1O)Oc1ccccc1. The Morgan fingerprint density at radius 1 is 1.33 bits per heavy atom. The summed E-state index contributed by atoms with van der Waals surface area (Å²) in [6.45, 7) is 2.22. The van der Waals surface area contributed by atoms with Gasteiger partial charge >= 0.3 is 13.7 Å². The second-order valence-corrected chi connectivity index (χ2v) is 12.4. The molecule has 6 atom stereocenters. The van der Waals surface area contributed by atoms with Crippen LogP contribution in [-0.2, 0) is 23.4 Å². The minimum atomic E-state index is -4.25. The largest absolute Gasteiger partial charge is 0.468 e. The molecule has 0 radical (unpaired) electrons. The van der Waals surface area contributed by atoms with Gasteiger partial charge in [0, 0.05) is 6.04 Å². The van der Waals surface area contributed by atoms with Crippen LogP contribution in [0.5, 0.6) is 5.75 Å². The van der Waals surface area contributed by atoms with Crippen LogP contribution in [0, 0.1) is 0 Å². The van der Waals surface area contributed by atoms with Gasteiger partial charge in [0.25, 0.3) is 0 Å². The minimum Gasteiger partial charge on any atom is -0.468 e. The van der Waals surface area contributed by atoms with Gasteiger partial charge in [-0.3, -0.25) is 9.32 Å². The number of carbonyl (C=O) groups is 1. The van der Waals surface area contributed by atoms with Gasteiger partial charge in [0.05, 0.1) is 20.4 Å². The summed E-state index contributed by atoms with van der Waals surface area (Å²) in [6, 6.07) is 7.36. The number of halogens is 1. The van der Waals surface area contributed by atoms with Gasteiger partial charge in [-0.05, 0) is 38.8 Å². The number of alkyl halides is 1. The average molecular weight is 610 g/mol. The number of aliphatic hydroxyl groups excluding tert-OH is 1. The number of nitrogens with zero attached hydrogens (tertiary/aromatic N) is 3. The highest BCUT2D eigenvalue weighted by Crippen LogP contribution is 2.48. The van der Waals surface area contributed by atoms with Crippen LogP contribution in [0.1, 0.15) is 39.5 Å². The molecule has 2 aromatic rings. The zero-order chi connectivity index (χ0) is 30.1. The number of nitrogens with two attached hydrogens (primary N) is 1. The molecule has 16 heteroatoms. The van der Waals surface area contributed by atoms with Crippen molar-refractivity contribution >= 4 is 37.0 Å². The van der Waals surface area contributed by atoms with Gasteiger partial charge in [-0.1, -0.05) is 31.0 Å². The predicted octanol–water partition coefficient (Wildman–Crippen LogP) is 2.77. The Balaban J connectivity index is 1.33. The van der Waals surface area contributed by atoms with Crippen molar-refractivity contribution < 1.29 is 37.4 Å². The van der Waals surface area contributed by atoms with Crippen LogP contribution in [0.2, 0.25) is 0 Å². The first-order valence-electron chi connectivity index (χ1n) is 13.8. The third kappa shape index (κ3) is 6.25. The molecule has 230 valence electrons. The van der Waals surface area contributed by atoms with E-state index in [1.807, 2.05) is 0 Å². The molecule has 2 aliphatic heterocycles. The molecule has 5 rings (SSSR count). The van der Waals surface area contributed by atoms with E-state index in [4.69, 9.17) is 24.3 Å². The summed E-state index contributed by atoms with van der Waals surface area (Å²) in [7, 11) is -3.06. The van der Waals surface area contributed by atoms with Gasteiger partial charge in [-0.15, -0.1) is 0 Å². The van der Waals surface area contributed by atoms with Crippen molar-refractivity contribution in [2.24, 2.45) is 0 Å². The van der Waals surface area contributed by atoms with Crippen LogP contribution < -0.4 is 30.9 Å². The number of fused-ring (bicyclic) bond motifs is 1. The van der Waals surface area contributed by atoms with Gasteiger partial charge in [0.15, 0.2) is 23.5 Å². The number of aliphatic hydroxyl groups is 1. The number of anilines is 4. The van der Waals surface area contributed by atoms with Crippen molar-refractivity contribution in [3.63, 3.8) is 0 Å². The quantitative estimate of drug-likeness (QED) is 0.185. The van der Waals surface area contributed by atoms with Gasteiger partial charge < -0.3 is 40.4 Å². The number of benzene rings is 1. The number of aromatic nitrogens is 2. The number of hydrogen-bond donors (Lipinski definition) is 5. The highest BCUT2D eigenvalue weighted by molar-refractivity contribution is 7.52. The Kier molecular flexibility index (Phi) is 8.76. The van der Waals surface area contributed by atoms with Gasteiger partial charge in [-0.25, -0.2) is 8.96 Å². The Bertz CT molecular complexity index is 1320. The Morgan fingerprint density at radius 2 is 2.05 bits per heavy atom. The third-order valence-electron chi connectivity index (χ3n) is 7.59. The number of nitrogens with one attached hydrogen (secondary N) is 3. The molecular weight excluding hydrogens is 572 g/mol. The Morgan fingerprint density at radius 3 is 2.74 bits per heavy atom. The fourth-order valence-corrected chi connectivity index (χ4v) is 6.88. The number of hydrogen-bond acceptors (Lipinski definition) is 13. The number of rotatable bonds is 11. The number of ether oxygens (including phenoxy) is 2. The lowest BCUT2D eigenvalue weighted by Gasteiger charge is -2.31. The molecule has 0 bridgehead atoms. The maximum atomic E-state index is 16.2. The monoisotopic (exact) mass is 609 g/mol. The molecule has 1 saturated carbocycles. The summed E-state index contributed by atoms with van der Waals surface area (Å²) in [6.07, 6.45) is 0.0262. The predicted molar refractivity (Wildman–Crippen MR) is 153 cm³/mol. The van der Waals surface area contributed by atoms with Gasteiger partial charge in [-0.2, -0.15) is 15.1 Å². The summed E-state index contributed by atoms with van der Waals surface area (Å²) in [5.41, 5.74) is 4.28. The highest BCUT2D eigenvalue weighted by Gasteiger charge is 2.58. The van der Waals surface area contributed by atoms with E-state index in [0.29, 0.717) is 17.3 Å². The second kappa shape index (κ2) is 12.2. The van der Waals surface area contributed by atoms with Crippen LogP contribution in [-0.4, -0.2) is 77.6 Å². The number of para-hydroxylation sites is 1. The molecule has 42 heavy (non-hydrogen) atoms. The van der Waals surface area contributed by atoms with E-state index >= 15 is 4.39 Å². The summed E-state index contributed by atoms with van der Waals surface area (Å²) in [5, 5.41) is 20.1. The molecule has 3 heterocycles. The minimum absolute atomic E-state index is 0.00624. The number of esters is 1. The van der Waals surface area contributed by atoms with Crippen LogP contribution >= 0.6 is 7.75 Å². The molecule has 0 amide bonds. The summed E-state index contributed by atoms with van der Waals surface area (Å²) in [4.78, 5) is 22.2. The van der Waals surface area contributed by atoms with E-state index in [9.17, 15) is 14.5 Å². The van der Waals surface area contributed by atoms with Crippen molar-refractivity contribution in [2.45, 2.75) is 75.7 Å². The molecule has 1 aromatic heterocycles. The molecule has 2 fully saturated rings. The van der Waals surface area contributed by atoms with Crippen molar-refractivity contribution in [1.29, 1.82) is 0 Å². The first kappa shape index (κ1) is 30.2. The van der Waals surface area contributed by atoms with Crippen molar-refractivity contribution in [2.75, 3.05) is 41.7 Å². The van der Waals surface area contributed by atoms with Crippen LogP contribution in [0.25, 0.3) is 0 Å². The van der Waals surface area contributed by atoms with Crippen molar-refractivity contribution in [3.8, 4) is 5.75 Å². The van der Waals surface area contributed by atoms with E-state index in [0.717, 1.165) is 25.7 Å². The van der Waals surface area contributed by atoms with Crippen molar-refractivity contribution in [3.05, 3.63) is 30.3 Å². The van der Waals surface area contributed by atoms with E-state index in [2.05, 4.69) is 25.7 Å². The lowest BCUT2D eigenvalue weighted by molar-refractivity contribution is -0.142. The van der Waals surface area contributed by atoms with E-state index in [-0.39, 0.29) is 24.4 Å². The molecule has 1 saturated heterocycles.